The standard InChI is InChI=1S/C24H22N4OS/c1-4-16(3)9-11-18(5-2)19-7-6-8-20(14-19)26-23(29)28-24-27-21-12-10-17(15-25)13-22(21)30-24/h5-14H,3-4H2,1-2H3,(H2,26,27,28,29)/b11-9-,18-5+. The maximum atomic E-state index is 12.4. The van der Waals surface area contributed by atoms with Gasteiger partial charge in [-0.25, -0.2) is 9.78 Å². The van der Waals surface area contributed by atoms with Crippen molar-refractivity contribution in [3.63, 3.8) is 0 Å². The summed E-state index contributed by atoms with van der Waals surface area (Å²) in [7, 11) is 0. The Kier molecular flexibility index (Phi) is 6.79. The molecule has 0 atom stereocenters. The van der Waals surface area contributed by atoms with Crippen LogP contribution < -0.4 is 10.6 Å². The minimum absolute atomic E-state index is 0.372. The number of allylic oxidation sites excluding steroid dienone is 5. The monoisotopic (exact) mass is 414 g/mol. The van der Waals surface area contributed by atoms with Crippen molar-refractivity contribution in [1.82, 2.24) is 4.98 Å². The van der Waals surface area contributed by atoms with Crippen molar-refractivity contribution in [3.8, 4) is 6.07 Å². The number of aromatic nitrogens is 1. The van der Waals surface area contributed by atoms with Crippen LogP contribution in [0.2, 0.25) is 0 Å². The largest absolute Gasteiger partial charge is 0.325 e. The van der Waals surface area contributed by atoms with Crippen molar-refractivity contribution < 1.29 is 4.79 Å². The number of urea groups is 1. The summed E-state index contributed by atoms with van der Waals surface area (Å²) < 4.78 is 0.851. The van der Waals surface area contributed by atoms with Crippen LogP contribution in [0, 0.1) is 11.3 Å². The molecule has 2 amide bonds. The average molecular weight is 415 g/mol. The van der Waals surface area contributed by atoms with Crippen molar-refractivity contribution in [2.45, 2.75) is 20.3 Å². The molecule has 5 nitrogen and oxygen atoms in total. The van der Waals surface area contributed by atoms with Crippen LogP contribution >= 0.6 is 11.3 Å². The number of nitrogens with zero attached hydrogens (tertiary/aromatic N) is 2. The maximum absolute atomic E-state index is 12.4. The molecule has 0 saturated heterocycles. The minimum Gasteiger partial charge on any atom is -0.308 e. The normalized spacial score (nSPS) is 11.4. The summed E-state index contributed by atoms with van der Waals surface area (Å²) in [6.07, 6.45) is 6.96. The number of hydrogen-bond acceptors (Lipinski definition) is 4. The van der Waals surface area contributed by atoms with Crippen LogP contribution in [-0.2, 0) is 0 Å². The molecule has 0 spiro atoms. The van der Waals surface area contributed by atoms with E-state index >= 15 is 0 Å². The second-order valence-electron chi connectivity index (χ2n) is 6.56. The molecule has 0 fully saturated rings. The lowest BCUT2D eigenvalue weighted by molar-refractivity contribution is 0.262. The topological polar surface area (TPSA) is 77.8 Å². The highest BCUT2D eigenvalue weighted by Crippen LogP contribution is 2.27. The Labute approximate surface area is 180 Å². The van der Waals surface area contributed by atoms with Crippen molar-refractivity contribution >= 4 is 44.0 Å². The third-order valence-electron chi connectivity index (χ3n) is 4.46. The zero-order valence-corrected chi connectivity index (χ0v) is 17.7. The van der Waals surface area contributed by atoms with E-state index in [-0.39, 0.29) is 6.03 Å². The van der Waals surface area contributed by atoms with Crippen LogP contribution in [0.3, 0.4) is 0 Å². The van der Waals surface area contributed by atoms with Gasteiger partial charge < -0.3 is 5.32 Å². The quantitative estimate of drug-likeness (QED) is 0.439. The van der Waals surface area contributed by atoms with Crippen LogP contribution in [0.15, 0.2) is 72.8 Å². The molecule has 6 heteroatoms. The lowest BCUT2D eigenvalue weighted by Gasteiger charge is -2.08. The first kappa shape index (κ1) is 21.0. The predicted octanol–water partition coefficient (Wildman–Crippen LogP) is 6.74. The van der Waals surface area contributed by atoms with E-state index in [1.54, 1.807) is 18.2 Å². The van der Waals surface area contributed by atoms with Gasteiger partial charge in [-0.2, -0.15) is 5.26 Å². The lowest BCUT2D eigenvalue weighted by atomic mass is 10.0. The number of thiazole rings is 1. The van der Waals surface area contributed by atoms with Crippen LogP contribution in [0.25, 0.3) is 15.8 Å². The molecule has 2 N–H and O–H groups in total. The Morgan fingerprint density at radius 1 is 1.23 bits per heavy atom. The van der Waals surface area contributed by atoms with Gasteiger partial charge >= 0.3 is 6.03 Å². The number of amides is 2. The zero-order valence-electron chi connectivity index (χ0n) is 16.9. The number of anilines is 2. The molecule has 1 heterocycles. The van der Waals surface area contributed by atoms with Gasteiger partial charge in [0, 0.05) is 5.69 Å². The highest BCUT2D eigenvalue weighted by Gasteiger charge is 2.09. The number of nitriles is 1. The number of fused-ring (bicyclic) bond motifs is 1. The average Bonchev–Trinajstić information content (AvgIpc) is 3.15. The molecule has 0 unspecified atom stereocenters. The van der Waals surface area contributed by atoms with E-state index in [9.17, 15) is 4.79 Å². The van der Waals surface area contributed by atoms with Crippen LogP contribution in [-0.4, -0.2) is 11.0 Å². The molecule has 2 aromatic carbocycles. The minimum atomic E-state index is -0.372. The first-order chi connectivity index (χ1) is 14.5. The summed E-state index contributed by atoms with van der Waals surface area (Å²) >= 11 is 1.33. The van der Waals surface area contributed by atoms with E-state index in [2.05, 4.69) is 35.2 Å². The van der Waals surface area contributed by atoms with Crippen molar-refractivity contribution in [3.05, 3.63) is 84.0 Å². The Morgan fingerprint density at radius 3 is 2.80 bits per heavy atom. The first-order valence-electron chi connectivity index (χ1n) is 9.53. The van der Waals surface area contributed by atoms with Crippen molar-refractivity contribution in [2.24, 2.45) is 0 Å². The zero-order chi connectivity index (χ0) is 21.5. The van der Waals surface area contributed by atoms with Crippen molar-refractivity contribution in [1.29, 1.82) is 5.26 Å². The van der Waals surface area contributed by atoms with Gasteiger partial charge in [-0.05, 0) is 54.8 Å². The van der Waals surface area contributed by atoms with E-state index < -0.39 is 0 Å². The lowest BCUT2D eigenvalue weighted by Crippen LogP contribution is -2.19. The van der Waals surface area contributed by atoms with Gasteiger partial charge in [0.15, 0.2) is 5.13 Å². The number of benzene rings is 2. The summed E-state index contributed by atoms with van der Waals surface area (Å²) in [4.78, 5) is 16.8. The number of carbonyl (C=O) groups is 1. The SMILES string of the molecule is C=C(/C=C\C(=C/C)c1cccc(NC(=O)Nc2nc3ccc(C#N)cc3s2)c1)CC. The van der Waals surface area contributed by atoms with Crippen LogP contribution in [0.5, 0.6) is 0 Å². The van der Waals surface area contributed by atoms with Crippen LogP contribution in [0.4, 0.5) is 15.6 Å². The number of hydrogen-bond donors (Lipinski definition) is 2. The Bertz CT molecular complexity index is 1200. The van der Waals surface area contributed by atoms with E-state index in [1.165, 1.54) is 11.3 Å². The van der Waals surface area contributed by atoms with Gasteiger partial charge in [-0.15, -0.1) is 0 Å². The fourth-order valence-corrected chi connectivity index (χ4v) is 3.67. The Hall–Kier alpha value is -3.69. The first-order valence-corrected chi connectivity index (χ1v) is 10.4. The predicted molar refractivity (Wildman–Crippen MR) is 126 cm³/mol. The molecule has 0 saturated carbocycles. The molecular weight excluding hydrogens is 392 g/mol. The summed E-state index contributed by atoms with van der Waals surface area (Å²) in [5.74, 6) is 0. The molecule has 1 aromatic heterocycles. The molecule has 150 valence electrons. The number of carbonyl (C=O) groups excluding carboxylic acids is 1. The van der Waals surface area contributed by atoms with Gasteiger partial charge in [-0.1, -0.05) is 60.8 Å². The van der Waals surface area contributed by atoms with Gasteiger partial charge in [0.25, 0.3) is 0 Å². The Morgan fingerprint density at radius 2 is 2.07 bits per heavy atom. The van der Waals surface area contributed by atoms with Crippen LogP contribution in [0.1, 0.15) is 31.4 Å². The van der Waals surface area contributed by atoms with Gasteiger partial charge in [0.2, 0.25) is 0 Å². The second-order valence-corrected chi connectivity index (χ2v) is 7.59. The molecular formula is C24H22N4OS. The summed E-state index contributed by atoms with van der Waals surface area (Å²) in [5.41, 5.74) is 5.10. The van der Waals surface area contributed by atoms with E-state index in [0.29, 0.717) is 16.4 Å². The molecule has 3 rings (SSSR count). The summed E-state index contributed by atoms with van der Waals surface area (Å²) in [5, 5.41) is 15.1. The molecule has 0 radical (unpaired) electrons. The van der Waals surface area contributed by atoms with E-state index in [0.717, 1.165) is 33.3 Å². The molecule has 0 aliphatic carbocycles. The molecule has 3 aromatic rings. The highest BCUT2D eigenvalue weighted by atomic mass is 32.1. The highest BCUT2D eigenvalue weighted by molar-refractivity contribution is 7.22. The molecule has 0 aliphatic heterocycles. The number of nitrogens with one attached hydrogen (secondary N) is 2. The smallest absolute Gasteiger partial charge is 0.308 e. The van der Waals surface area contributed by atoms with Gasteiger partial charge in [-0.3, -0.25) is 5.32 Å². The fourth-order valence-electron chi connectivity index (χ4n) is 2.77. The molecule has 0 aliphatic rings. The van der Waals surface area contributed by atoms with E-state index in [1.807, 2.05) is 49.4 Å². The second kappa shape index (κ2) is 9.68. The van der Waals surface area contributed by atoms with Crippen molar-refractivity contribution in [2.75, 3.05) is 10.6 Å². The van der Waals surface area contributed by atoms with Gasteiger partial charge in [0.05, 0.1) is 21.8 Å². The third-order valence-corrected chi connectivity index (χ3v) is 5.39. The van der Waals surface area contributed by atoms with Gasteiger partial charge in [0.1, 0.15) is 0 Å². The van der Waals surface area contributed by atoms with E-state index in [4.69, 9.17) is 5.26 Å². The fraction of sp³-hybridized carbons (Fsp3) is 0.125. The molecule has 0 bridgehead atoms. The number of rotatable bonds is 6. The summed E-state index contributed by atoms with van der Waals surface area (Å²) in [6, 6.07) is 14.6. The summed E-state index contributed by atoms with van der Waals surface area (Å²) in [6.45, 7) is 8.04. The third kappa shape index (κ3) is 5.22. The maximum Gasteiger partial charge on any atom is 0.325 e. The molecule has 30 heavy (non-hydrogen) atoms. The Balaban J connectivity index is 1.71.